The molecule has 0 aromatic carbocycles. The Labute approximate surface area is 80.8 Å². The zero-order chi connectivity index (χ0) is 9.14. The van der Waals surface area contributed by atoms with Gasteiger partial charge in [-0.2, -0.15) is 5.26 Å². The second kappa shape index (κ2) is 3.88. The summed E-state index contributed by atoms with van der Waals surface area (Å²) < 4.78 is 0. The van der Waals surface area contributed by atoms with Crippen LogP contribution in [0.25, 0.3) is 0 Å². The van der Waals surface area contributed by atoms with Crippen LogP contribution in [0.4, 0.5) is 0 Å². The lowest BCUT2D eigenvalue weighted by molar-refractivity contribution is 0.955. The average molecular weight is 201 g/mol. The molecule has 0 amide bonds. The minimum atomic E-state index is -0.246. The number of halogens is 1. The first-order chi connectivity index (χ1) is 5.69. The van der Waals surface area contributed by atoms with E-state index in [1.165, 1.54) is 0 Å². The van der Waals surface area contributed by atoms with Crippen LogP contribution in [0.1, 0.15) is 21.5 Å². The van der Waals surface area contributed by atoms with Gasteiger partial charge in [-0.25, -0.2) is 4.98 Å². The van der Waals surface area contributed by atoms with Crippen LogP contribution in [0, 0.1) is 25.2 Å². The highest BCUT2D eigenvalue weighted by atomic mass is 35.5. The van der Waals surface area contributed by atoms with E-state index in [2.05, 4.69) is 11.1 Å². The minimum absolute atomic E-state index is 0.246. The van der Waals surface area contributed by atoms with E-state index in [-0.39, 0.29) is 5.92 Å². The molecule has 1 heterocycles. The molecule has 0 aliphatic carbocycles. The van der Waals surface area contributed by atoms with Gasteiger partial charge in [0.05, 0.1) is 11.8 Å². The highest BCUT2D eigenvalue weighted by Gasteiger charge is 2.14. The summed E-state index contributed by atoms with van der Waals surface area (Å²) in [6.07, 6.45) is 0. The molecule has 0 radical (unpaired) electrons. The van der Waals surface area contributed by atoms with Crippen LogP contribution < -0.4 is 0 Å². The molecule has 1 rings (SSSR count). The second-order valence-corrected chi connectivity index (χ2v) is 4.07. The van der Waals surface area contributed by atoms with Gasteiger partial charge in [-0.05, 0) is 13.8 Å². The van der Waals surface area contributed by atoms with E-state index in [9.17, 15) is 0 Å². The Bertz CT molecular complexity index is 294. The van der Waals surface area contributed by atoms with Crippen molar-refractivity contribution in [3.63, 3.8) is 0 Å². The van der Waals surface area contributed by atoms with Crippen molar-refractivity contribution in [2.75, 3.05) is 5.88 Å². The molecule has 0 aliphatic heterocycles. The lowest BCUT2D eigenvalue weighted by Gasteiger charge is -1.96. The fourth-order valence-electron chi connectivity index (χ4n) is 0.802. The molecule has 64 valence electrons. The van der Waals surface area contributed by atoms with E-state index in [1.807, 2.05) is 13.8 Å². The molecule has 1 aromatic heterocycles. The van der Waals surface area contributed by atoms with E-state index in [4.69, 9.17) is 16.9 Å². The molecular weight excluding hydrogens is 192 g/mol. The Hall–Kier alpha value is -0.590. The van der Waals surface area contributed by atoms with E-state index in [1.54, 1.807) is 11.3 Å². The molecule has 1 unspecified atom stereocenters. The van der Waals surface area contributed by atoms with Crippen LogP contribution in [0.5, 0.6) is 0 Å². The van der Waals surface area contributed by atoms with Crippen molar-refractivity contribution < 1.29 is 0 Å². The predicted molar refractivity (Wildman–Crippen MR) is 50.7 cm³/mol. The number of aromatic nitrogens is 1. The highest BCUT2D eigenvalue weighted by molar-refractivity contribution is 7.11. The SMILES string of the molecule is Cc1nc(C(C#N)CCl)sc1C. The van der Waals surface area contributed by atoms with Crippen LogP contribution in [-0.2, 0) is 0 Å². The molecule has 1 aromatic rings. The smallest absolute Gasteiger partial charge is 0.112 e. The molecule has 12 heavy (non-hydrogen) atoms. The summed E-state index contributed by atoms with van der Waals surface area (Å²) in [4.78, 5) is 5.43. The number of thiazole rings is 1. The van der Waals surface area contributed by atoms with Gasteiger partial charge < -0.3 is 0 Å². The van der Waals surface area contributed by atoms with E-state index in [0.29, 0.717) is 5.88 Å². The van der Waals surface area contributed by atoms with Crippen LogP contribution in [-0.4, -0.2) is 10.9 Å². The molecule has 0 aliphatic rings. The van der Waals surface area contributed by atoms with Gasteiger partial charge in [-0.1, -0.05) is 0 Å². The lowest BCUT2D eigenvalue weighted by Crippen LogP contribution is -1.95. The number of nitriles is 1. The molecular formula is C8H9ClN2S. The molecule has 0 spiro atoms. The highest BCUT2D eigenvalue weighted by Crippen LogP contribution is 2.24. The van der Waals surface area contributed by atoms with Crippen LogP contribution in [0.2, 0.25) is 0 Å². The number of rotatable bonds is 2. The van der Waals surface area contributed by atoms with Crippen molar-refractivity contribution in [1.29, 1.82) is 5.26 Å². The summed E-state index contributed by atoms with van der Waals surface area (Å²) >= 11 is 7.16. The largest absolute Gasteiger partial charge is 0.245 e. The Morgan fingerprint density at radius 1 is 1.67 bits per heavy atom. The third kappa shape index (κ3) is 1.77. The number of hydrogen-bond donors (Lipinski definition) is 0. The van der Waals surface area contributed by atoms with Crippen molar-refractivity contribution in [3.8, 4) is 6.07 Å². The summed E-state index contributed by atoms with van der Waals surface area (Å²) in [5.74, 6) is 0.0761. The first-order valence-corrected chi connectivity index (χ1v) is 4.93. The molecule has 0 fully saturated rings. The third-order valence-corrected chi connectivity index (χ3v) is 3.15. The Kier molecular flexibility index (Phi) is 3.07. The standard InChI is InChI=1S/C8H9ClN2S/c1-5-6(2)12-8(11-5)7(3-9)4-10/h7H,3H2,1-2H3. The van der Waals surface area contributed by atoms with Gasteiger partial charge in [0.25, 0.3) is 0 Å². The van der Waals surface area contributed by atoms with E-state index >= 15 is 0 Å². The number of aryl methyl sites for hydroxylation is 2. The molecule has 0 saturated carbocycles. The van der Waals surface area contributed by atoms with Crippen LogP contribution in [0.3, 0.4) is 0 Å². The molecule has 4 heteroatoms. The lowest BCUT2D eigenvalue weighted by atomic mass is 10.2. The van der Waals surface area contributed by atoms with Crippen LogP contribution >= 0.6 is 22.9 Å². The molecule has 0 bridgehead atoms. The van der Waals surface area contributed by atoms with Crippen molar-refractivity contribution in [1.82, 2.24) is 4.98 Å². The Morgan fingerprint density at radius 2 is 2.33 bits per heavy atom. The average Bonchev–Trinajstić information content (AvgIpc) is 2.35. The van der Waals surface area contributed by atoms with Gasteiger partial charge in [0.15, 0.2) is 0 Å². The van der Waals surface area contributed by atoms with Gasteiger partial charge in [0, 0.05) is 10.8 Å². The minimum Gasteiger partial charge on any atom is -0.245 e. The fraction of sp³-hybridized carbons (Fsp3) is 0.500. The third-order valence-electron chi connectivity index (χ3n) is 1.65. The van der Waals surface area contributed by atoms with Crippen molar-refractivity contribution in [3.05, 3.63) is 15.6 Å². The first kappa shape index (κ1) is 9.50. The number of hydrogen-bond acceptors (Lipinski definition) is 3. The maximum Gasteiger partial charge on any atom is 0.112 e. The zero-order valence-corrected chi connectivity index (χ0v) is 8.54. The summed E-state index contributed by atoms with van der Waals surface area (Å²) in [5.41, 5.74) is 1.00. The van der Waals surface area contributed by atoms with Crippen molar-refractivity contribution in [2.24, 2.45) is 0 Å². The maximum atomic E-state index is 8.71. The second-order valence-electron chi connectivity index (χ2n) is 2.53. The summed E-state index contributed by atoms with van der Waals surface area (Å²) in [6, 6.07) is 2.12. The number of nitrogens with zero attached hydrogens (tertiary/aromatic N) is 2. The van der Waals surface area contributed by atoms with E-state index in [0.717, 1.165) is 15.6 Å². The topological polar surface area (TPSA) is 36.7 Å². The first-order valence-electron chi connectivity index (χ1n) is 3.58. The van der Waals surface area contributed by atoms with Gasteiger partial charge in [0.2, 0.25) is 0 Å². The molecule has 0 N–H and O–H groups in total. The van der Waals surface area contributed by atoms with Crippen LogP contribution in [0.15, 0.2) is 0 Å². The quantitative estimate of drug-likeness (QED) is 0.689. The monoisotopic (exact) mass is 200 g/mol. The Balaban J connectivity index is 2.96. The number of alkyl halides is 1. The zero-order valence-electron chi connectivity index (χ0n) is 6.97. The molecule has 1 atom stereocenters. The van der Waals surface area contributed by atoms with Gasteiger partial charge in [-0.3, -0.25) is 0 Å². The van der Waals surface area contributed by atoms with Gasteiger partial charge >= 0.3 is 0 Å². The predicted octanol–water partition coefficient (Wildman–Crippen LogP) is 2.61. The van der Waals surface area contributed by atoms with E-state index < -0.39 is 0 Å². The maximum absolute atomic E-state index is 8.71. The summed E-state index contributed by atoms with van der Waals surface area (Å²) in [6.45, 7) is 3.94. The fourth-order valence-corrected chi connectivity index (χ4v) is 2.08. The van der Waals surface area contributed by atoms with Crippen molar-refractivity contribution >= 4 is 22.9 Å². The van der Waals surface area contributed by atoms with Crippen molar-refractivity contribution in [2.45, 2.75) is 19.8 Å². The van der Waals surface area contributed by atoms with Gasteiger partial charge in [-0.15, -0.1) is 22.9 Å². The summed E-state index contributed by atoms with van der Waals surface area (Å²) in [5, 5.41) is 9.55. The normalized spacial score (nSPS) is 12.5. The van der Waals surface area contributed by atoms with Gasteiger partial charge in [0.1, 0.15) is 10.9 Å². The molecule has 2 nitrogen and oxygen atoms in total. The molecule has 0 saturated heterocycles. The summed E-state index contributed by atoms with van der Waals surface area (Å²) in [7, 11) is 0. The Morgan fingerprint density at radius 3 is 2.67 bits per heavy atom.